The number of methoxy groups -OCH3 is 1. The van der Waals surface area contributed by atoms with Gasteiger partial charge in [-0.1, -0.05) is 13.3 Å². The molecule has 2 unspecified atom stereocenters. The van der Waals surface area contributed by atoms with Gasteiger partial charge in [-0.2, -0.15) is 0 Å². The highest BCUT2D eigenvalue weighted by Gasteiger charge is 2.29. The second-order valence-corrected chi connectivity index (χ2v) is 5.71. The van der Waals surface area contributed by atoms with E-state index in [0.717, 1.165) is 19.0 Å². The lowest BCUT2D eigenvalue weighted by Gasteiger charge is -2.37. The van der Waals surface area contributed by atoms with Crippen molar-refractivity contribution >= 4 is 0 Å². The van der Waals surface area contributed by atoms with Crippen molar-refractivity contribution in [3.63, 3.8) is 0 Å². The summed E-state index contributed by atoms with van der Waals surface area (Å²) in [4.78, 5) is 2.54. The first kappa shape index (κ1) is 14.9. The molecule has 17 heavy (non-hydrogen) atoms. The summed E-state index contributed by atoms with van der Waals surface area (Å²) >= 11 is 0. The molecule has 3 heteroatoms. The summed E-state index contributed by atoms with van der Waals surface area (Å²) in [6, 6.07) is 0.724. The van der Waals surface area contributed by atoms with Crippen molar-refractivity contribution in [1.29, 1.82) is 0 Å². The second kappa shape index (κ2) is 6.72. The fraction of sp³-hybridized carbons (Fsp3) is 1.00. The van der Waals surface area contributed by atoms with Gasteiger partial charge in [0.1, 0.15) is 0 Å². The largest absolute Gasteiger partial charge is 0.390 e. The quantitative estimate of drug-likeness (QED) is 0.777. The molecule has 1 saturated heterocycles. The zero-order chi connectivity index (χ0) is 12.9. The van der Waals surface area contributed by atoms with Crippen LogP contribution in [0.1, 0.15) is 52.9 Å². The average Bonchev–Trinajstić information content (AvgIpc) is 2.36. The number of ether oxygens (including phenoxy) is 1. The molecule has 102 valence electrons. The Balaban J connectivity index is 2.38. The molecule has 2 atom stereocenters. The minimum absolute atomic E-state index is 0.382. The maximum Gasteiger partial charge on any atom is 0.0880 e. The van der Waals surface area contributed by atoms with Crippen molar-refractivity contribution in [3.8, 4) is 0 Å². The lowest BCUT2D eigenvalue weighted by Crippen LogP contribution is -2.44. The summed E-state index contributed by atoms with van der Waals surface area (Å²) in [6.45, 7) is 8.35. The van der Waals surface area contributed by atoms with E-state index >= 15 is 0 Å². The Labute approximate surface area is 106 Å². The van der Waals surface area contributed by atoms with Gasteiger partial charge in [-0.15, -0.1) is 0 Å². The van der Waals surface area contributed by atoms with Crippen LogP contribution in [0.5, 0.6) is 0 Å². The molecule has 0 bridgehead atoms. The van der Waals surface area contributed by atoms with E-state index in [2.05, 4.69) is 11.8 Å². The van der Waals surface area contributed by atoms with Crippen LogP contribution in [0, 0.1) is 0 Å². The van der Waals surface area contributed by atoms with Crippen LogP contribution >= 0.6 is 0 Å². The topological polar surface area (TPSA) is 32.7 Å². The SMILES string of the molecule is CCC1CCCCN1CCC(O)C(C)(C)OC. The van der Waals surface area contributed by atoms with Crippen molar-refractivity contribution in [1.82, 2.24) is 4.90 Å². The van der Waals surface area contributed by atoms with E-state index < -0.39 is 5.60 Å². The van der Waals surface area contributed by atoms with Gasteiger partial charge in [0.25, 0.3) is 0 Å². The molecule has 0 aromatic carbocycles. The van der Waals surface area contributed by atoms with E-state index in [9.17, 15) is 5.11 Å². The van der Waals surface area contributed by atoms with Gasteiger partial charge in [0.05, 0.1) is 11.7 Å². The van der Waals surface area contributed by atoms with Gasteiger partial charge in [-0.05, 0) is 46.1 Å². The molecular formula is C14H29NO2. The van der Waals surface area contributed by atoms with E-state index in [-0.39, 0.29) is 6.10 Å². The normalized spacial score (nSPS) is 24.9. The molecule has 1 N–H and O–H groups in total. The number of nitrogens with zero attached hydrogens (tertiary/aromatic N) is 1. The predicted octanol–water partition coefficient (Wildman–Crippen LogP) is 2.43. The number of aliphatic hydroxyl groups excluding tert-OH is 1. The van der Waals surface area contributed by atoms with Crippen LogP contribution < -0.4 is 0 Å². The molecule has 0 aromatic heterocycles. The lowest BCUT2D eigenvalue weighted by atomic mass is 9.96. The highest BCUT2D eigenvalue weighted by atomic mass is 16.5. The predicted molar refractivity (Wildman–Crippen MR) is 71.2 cm³/mol. The molecule has 0 aliphatic carbocycles. The zero-order valence-electron chi connectivity index (χ0n) is 11.9. The van der Waals surface area contributed by atoms with Gasteiger partial charge in [-0.25, -0.2) is 0 Å². The molecule has 0 spiro atoms. The van der Waals surface area contributed by atoms with E-state index in [1.165, 1.54) is 32.2 Å². The van der Waals surface area contributed by atoms with Crippen LogP contribution in [0.3, 0.4) is 0 Å². The molecule has 1 heterocycles. The molecule has 1 rings (SSSR count). The standard InChI is InChI=1S/C14H29NO2/c1-5-12-8-6-7-10-15(12)11-9-13(16)14(2,3)17-4/h12-13,16H,5-11H2,1-4H3. The molecule has 1 aliphatic heterocycles. The third-order valence-corrected chi connectivity index (χ3v) is 4.24. The van der Waals surface area contributed by atoms with Crippen LogP contribution in [0.15, 0.2) is 0 Å². The molecule has 1 aliphatic rings. The number of hydrogen-bond donors (Lipinski definition) is 1. The Hall–Kier alpha value is -0.120. The highest BCUT2D eigenvalue weighted by molar-refractivity contribution is 4.82. The first-order chi connectivity index (χ1) is 8.01. The molecule has 1 fully saturated rings. The minimum Gasteiger partial charge on any atom is -0.390 e. The summed E-state index contributed by atoms with van der Waals surface area (Å²) in [6.07, 6.45) is 5.63. The van der Waals surface area contributed by atoms with E-state index in [1.54, 1.807) is 7.11 Å². The van der Waals surface area contributed by atoms with Crippen LogP contribution in [0.4, 0.5) is 0 Å². The summed E-state index contributed by atoms with van der Waals surface area (Å²) in [5.74, 6) is 0. The average molecular weight is 243 g/mol. The lowest BCUT2D eigenvalue weighted by molar-refractivity contribution is -0.0838. The number of rotatable bonds is 6. The van der Waals surface area contributed by atoms with E-state index in [4.69, 9.17) is 4.74 Å². The Morgan fingerprint density at radius 2 is 2.12 bits per heavy atom. The second-order valence-electron chi connectivity index (χ2n) is 5.71. The summed E-state index contributed by atoms with van der Waals surface area (Å²) < 4.78 is 5.32. The van der Waals surface area contributed by atoms with Crippen molar-refractivity contribution in [3.05, 3.63) is 0 Å². The van der Waals surface area contributed by atoms with Gasteiger partial charge in [0.15, 0.2) is 0 Å². The first-order valence-electron chi connectivity index (χ1n) is 6.98. The number of hydrogen-bond acceptors (Lipinski definition) is 3. The highest BCUT2D eigenvalue weighted by Crippen LogP contribution is 2.22. The van der Waals surface area contributed by atoms with Crippen molar-refractivity contribution in [2.75, 3.05) is 20.2 Å². The molecule has 0 saturated carbocycles. The van der Waals surface area contributed by atoms with Gasteiger partial charge in [0.2, 0.25) is 0 Å². The van der Waals surface area contributed by atoms with Crippen molar-refractivity contribution in [2.45, 2.75) is 70.6 Å². The maximum atomic E-state index is 10.1. The fourth-order valence-electron chi connectivity index (χ4n) is 2.59. The van der Waals surface area contributed by atoms with Gasteiger partial charge >= 0.3 is 0 Å². The van der Waals surface area contributed by atoms with Gasteiger partial charge < -0.3 is 14.7 Å². The number of likely N-dealkylation sites (tertiary alicyclic amines) is 1. The summed E-state index contributed by atoms with van der Waals surface area (Å²) in [7, 11) is 1.67. The molecule has 0 radical (unpaired) electrons. The third-order valence-electron chi connectivity index (χ3n) is 4.24. The maximum absolute atomic E-state index is 10.1. The van der Waals surface area contributed by atoms with Crippen LogP contribution in [0.2, 0.25) is 0 Å². The molecule has 3 nitrogen and oxygen atoms in total. The Morgan fingerprint density at radius 1 is 1.41 bits per heavy atom. The van der Waals surface area contributed by atoms with Gasteiger partial charge in [-0.3, -0.25) is 0 Å². The minimum atomic E-state index is -0.433. The van der Waals surface area contributed by atoms with Gasteiger partial charge in [0, 0.05) is 19.7 Å². The van der Waals surface area contributed by atoms with Crippen LogP contribution in [-0.2, 0) is 4.74 Å². The smallest absolute Gasteiger partial charge is 0.0880 e. The Kier molecular flexibility index (Phi) is 5.90. The molecular weight excluding hydrogens is 214 g/mol. The van der Waals surface area contributed by atoms with Crippen molar-refractivity contribution in [2.24, 2.45) is 0 Å². The molecule has 0 amide bonds. The Bertz CT molecular complexity index is 218. The van der Waals surface area contributed by atoms with E-state index in [1.807, 2.05) is 13.8 Å². The first-order valence-corrected chi connectivity index (χ1v) is 6.98. The van der Waals surface area contributed by atoms with Crippen molar-refractivity contribution < 1.29 is 9.84 Å². The third kappa shape index (κ3) is 4.23. The summed E-state index contributed by atoms with van der Waals surface area (Å²) in [5.41, 5.74) is -0.433. The van der Waals surface area contributed by atoms with E-state index in [0.29, 0.717) is 0 Å². The summed E-state index contributed by atoms with van der Waals surface area (Å²) in [5, 5.41) is 10.1. The monoisotopic (exact) mass is 243 g/mol. The number of piperidine rings is 1. The molecule has 0 aromatic rings. The van der Waals surface area contributed by atoms with Crippen LogP contribution in [0.25, 0.3) is 0 Å². The van der Waals surface area contributed by atoms with Crippen LogP contribution in [-0.4, -0.2) is 48.0 Å². The Morgan fingerprint density at radius 3 is 2.71 bits per heavy atom. The number of aliphatic hydroxyl groups is 1. The zero-order valence-corrected chi connectivity index (χ0v) is 11.9. The fourth-order valence-corrected chi connectivity index (χ4v) is 2.59.